The molecule has 1 heterocycles. The van der Waals surface area contributed by atoms with Crippen LogP contribution in [0.5, 0.6) is 0 Å². The van der Waals surface area contributed by atoms with Gasteiger partial charge in [-0.15, -0.1) is 0 Å². The average Bonchev–Trinajstić information content (AvgIpc) is 2.36. The molecule has 20 heavy (non-hydrogen) atoms. The Kier molecular flexibility index (Phi) is 4.98. The van der Waals surface area contributed by atoms with Gasteiger partial charge < -0.3 is 10.5 Å². The Bertz CT molecular complexity index is 502. The summed E-state index contributed by atoms with van der Waals surface area (Å²) in [5.41, 5.74) is 1.36. The second-order valence-corrected chi connectivity index (χ2v) is 3.78. The molecule has 0 atom stereocenters. The summed E-state index contributed by atoms with van der Waals surface area (Å²) < 4.78 is 68.8. The molecule has 0 unspecified atom stereocenters. The third kappa shape index (κ3) is 3.41. The molecule has 0 radical (unpaired) electrons. The maximum atomic E-state index is 13.0. The van der Waals surface area contributed by atoms with Crippen molar-refractivity contribution in [2.24, 2.45) is 5.73 Å². The van der Waals surface area contributed by atoms with Gasteiger partial charge in [-0.3, -0.25) is 9.78 Å². The summed E-state index contributed by atoms with van der Waals surface area (Å²) in [6, 6.07) is 0. The lowest BCUT2D eigenvalue weighted by molar-refractivity contribution is -0.142. The van der Waals surface area contributed by atoms with E-state index in [0.717, 1.165) is 7.11 Å². The molecule has 0 spiro atoms. The van der Waals surface area contributed by atoms with Gasteiger partial charge in [0, 0.05) is 18.3 Å². The Balaban J connectivity index is 3.56. The van der Waals surface area contributed by atoms with E-state index in [-0.39, 0.29) is 0 Å². The summed E-state index contributed by atoms with van der Waals surface area (Å²) in [7, 11) is 0.942. The zero-order chi connectivity index (χ0) is 15.5. The molecule has 2 N–H and O–H groups in total. The second-order valence-electron chi connectivity index (χ2n) is 3.78. The predicted molar refractivity (Wildman–Crippen MR) is 57.8 cm³/mol. The molecular weight excluding hydrogens is 287 g/mol. The number of nitrogens with zero attached hydrogens (tertiary/aromatic N) is 1. The first-order valence-corrected chi connectivity index (χ1v) is 5.35. The van der Waals surface area contributed by atoms with Crippen LogP contribution < -0.4 is 5.73 Å². The molecule has 4 nitrogen and oxygen atoms in total. The number of ether oxygens (including phenoxy) is 1. The van der Waals surface area contributed by atoms with Crippen molar-refractivity contribution in [3.05, 3.63) is 28.6 Å². The number of aromatic nitrogens is 1. The molecule has 0 saturated carbocycles. The van der Waals surface area contributed by atoms with E-state index in [1.165, 1.54) is 0 Å². The predicted octanol–water partition coefficient (Wildman–Crippen LogP) is 2.21. The fourth-order valence-electron chi connectivity index (χ4n) is 1.70. The van der Waals surface area contributed by atoms with Gasteiger partial charge in [0.15, 0.2) is 0 Å². The number of carbonyl (C=O) groups is 1. The van der Waals surface area contributed by atoms with Gasteiger partial charge in [0.25, 0.3) is 6.43 Å². The van der Waals surface area contributed by atoms with Crippen LogP contribution in [0, 0.1) is 0 Å². The van der Waals surface area contributed by atoms with Crippen molar-refractivity contribution >= 4 is 5.97 Å². The van der Waals surface area contributed by atoms with Gasteiger partial charge in [0.2, 0.25) is 0 Å². The number of halogens is 5. The van der Waals surface area contributed by atoms with Crippen LogP contribution >= 0.6 is 0 Å². The molecule has 112 valence electrons. The van der Waals surface area contributed by atoms with E-state index in [4.69, 9.17) is 5.73 Å². The van der Waals surface area contributed by atoms with Crippen molar-refractivity contribution < 1.29 is 31.5 Å². The highest BCUT2D eigenvalue weighted by Gasteiger charge is 2.39. The largest absolute Gasteiger partial charge is 0.469 e. The SMILES string of the molecule is COC(=O)Cc1c(C(F)F)ncc(CN)c1C(F)(F)F. The van der Waals surface area contributed by atoms with Gasteiger partial charge in [-0.05, 0) is 5.56 Å². The zero-order valence-electron chi connectivity index (χ0n) is 10.3. The fraction of sp³-hybridized carbons (Fsp3) is 0.455. The van der Waals surface area contributed by atoms with Crippen LogP contribution in [0.1, 0.15) is 28.8 Å². The first-order valence-electron chi connectivity index (χ1n) is 5.35. The number of hydrogen-bond donors (Lipinski definition) is 1. The van der Waals surface area contributed by atoms with Gasteiger partial charge in [0.1, 0.15) is 5.69 Å². The third-order valence-corrected chi connectivity index (χ3v) is 2.55. The van der Waals surface area contributed by atoms with Gasteiger partial charge in [-0.25, -0.2) is 8.78 Å². The van der Waals surface area contributed by atoms with Crippen LogP contribution in [0.4, 0.5) is 22.0 Å². The monoisotopic (exact) mass is 298 g/mol. The number of alkyl halides is 5. The molecule has 0 fully saturated rings. The van der Waals surface area contributed by atoms with Crippen LogP contribution in [0.25, 0.3) is 0 Å². The smallest absolute Gasteiger partial charge is 0.417 e. The van der Waals surface area contributed by atoms with Gasteiger partial charge in [-0.1, -0.05) is 0 Å². The van der Waals surface area contributed by atoms with E-state index < -0.39 is 53.9 Å². The van der Waals surface area contributed by atoms with Crippen LogP contribution in [0.2, 0.25) is 0 Å². The lowest BCUT2D eigenvalue weighted by atomic mass is 9.98. The Morgan fingerprint density at radius 3 is 2.45 bits per heavy atom. The number of nitrogens with two attached hydrogens (primary N) is 1. The van der Waals surface area contributed by atoms with Crippen molar-refractivity contribution in [1.29, 1.82) is 0 Å². The summed E-state index contributed by atoms with van der Waals surface area (Å²) in [4.78, 5) is 14.4. The molecule has 1 rings (SSSR count). The van der Waals surface area contributed by atoms with Crippen LogP contribution in [0.3, 0.4) is 0 Å². The number of hydrogen-bond acceptors (Lipinski definition) is 4. The van der Waals surface area contributed by atoms with Gasteiger partial charge in [-0.2, -0.15) is 13.2 Å². The molecule has 0 amide bonds. The second kappa shape index (κ2) is 6.12. The number of esters is 1. The van der Waals surface area contributed by atoms with Crippen molar-refractivity contribution in [3.63, 3.8) is 0 Å². The third-order valence-electron chi connectivity index (χ3n) is 2.55. The minimum Gasteiger partial charge on any atom is -0.469 e. The Morgan fingerprint density at radius 1 is 1.45 bits per heavy atom. The summed E-state index contributed by atoms with van der Waals surface area (Å²) in [5.74, 6) is -1.08. The van der Waals surface area contributed by atoms with Crippen molar-refractivity contribution in [2.75, 3.05) is 7.11 Å². The van der Waals surface area contributed by atoms with E-state index in [1.807, 2.05) is 0 Å². The fourth-order valence-corrected chi connectivity index (χ4v) is 1.70. The van der Waals surface area contributed by atoms with E-state index in [0.29, 0.717) is 6.20 Å². The number of rotatable bonds is 4. The van der Waals surface area contributed by atoms with Crippen LogP contribution in [-0.2, 0) is 28.7 Å². The summed E-state index contributed by atoms with van der Waals surface area (Å²) in [5, 5.41) is 0. The molecule has 0 aromatic carbocycles. The summed E-state index contributed by atoms with van der Waals surface area (Å²) in [6.45, 7) is -0.542. The zero-order valence-corrected chi connectivity index (χ0v) is 10.3. The minimum atomic E-state index is -4.93. The average molecular weight is 298 g/mol. The topological polar surface area (TPSA) is 65.2 Å². The molecule has 1 aromatic rings. The van der Waals surface area contributed by atoms with Gasteiger partial charge >= 0.3 is 12.1 Å². The Hall–Kier alpha value is -1.77. The molecule has 0 aliphatic heterocycles. The first kappa shape index (κ1) is 16.3. The normalized spacial score (nSPS) is 11.8. The highest BCUT2D eigenvalue weighted by atomic mass is 19.4. The molecule has 0 bridgehead atoms. The van der Waals surface area contributed by atoms with Crippen molar-refractivity contribution in [3.8, 4) is 0 Å². The van der Waals surface area contributed by atoms with E-state index in [1.54, 1.807) is 0 Å². The Morgan fingerprint density at radius 2 is 2.05 bits per heavy atom. The van der Waals surface area contributed by atoms with E-state index in [9.17, 15) is 26.7 Å². The molecule has 9 heteroatoms. The number of carbonyl (C=O) groups excluding carboxylic acids is 1. The lowest BCUT2D eigenvalue weighted by Gasteiger charge is -2.18. The highest BCUT2D eigenvalue weighted by Crippen LogP contribution is 2.38. The van der Waals surface area contributed by atoms with Crippen LogP contribution in [0.15, 0.2) is 6.20 Å². The maximum Gasteiger partial charge on any atom is 0.417 e. The van der Waals surface area contributed by atoms with Crippen LogP contribution in [-0.4, -0.2) is 18.1 Å². The molecule has 0 saturated heterocycles. The van der Waals surface area contributed by atoms with Gasteiger partial charge in [0.05, 0.1) is 19.1 Å². The first-order chi connectivity index (χ1) is 9.22. The molecular formula is C11H11F5N2O2. The molecule has 1 aromatic heterocycles. The van der Waals surface area contributed by atoms with Crippen molar-refractivity contribution in [1.82, 2.24) is 4.98 Å². The van der Waals surface area contributed by atoms with E-state index >= 15 is 0 Å². The lowest BCUT2D eigenvalue weighted by Crippen LogP contribution is -2.21. The molecule has 0 aliphatic rings. The highest BCUT2D eigenvalue weighted by molar-refractivity contribution is 5.73. The Labute approximate surface area is 110 Å². The van der Waals surface area contributed by atoms with Crippen molar-refractivity contribution in [2.45, 2.75) is 25.6 Å². The summed E-state index contributed by atoms with van der Waals surface area (Å²) in [6.07, 6.45) is -8.48. The number of methoxy groups -OCH3 is 1. The molecule has 0 aliphatic carbocycles. The maximum absolute atomic E-state index is 13.0. The minimum absolute atomic E-state index is 0.458. The number of pyridine rings is 1. The standard InChI is InChI=1S/C11H11F5N2O2/c1-20-7(19)2-6-8(11(14,15)16)5(3-17)4-18-9(6)10(12)13/h4,10H,2-3,17H2,1H3. The van der Waals surface area contributed by atoms with E-state index in [2.05, 4.69) is 9.72 Å². The quantitative estimate of drug-likeness (QED) is 0.683. The summed E-state index contributed by atoms with van der Waals surface area (Å²) >= 11 is 0.